The van der Waals surface area contributed by atoms with Gasteiger partial charge in [0.05, 0.1) is 23.6 Å². The molecule has 0 radical (unpaired) electrons. The van der Waals surface area contributed by atoms with E-state index in [4.69, 9.17) is 0 Å². The molecule has 0 saturated carbocycles. The lowest BCUT2D eigenvalue weighted by atomic mass is 10.1. The van der Waals surface area contributed by atoms with E-state index in [1.54, 1.807) is 6.92 Å². The number of aliphatic hydroxyl groups is 1. The summed E-state index contributed by atoms with van der Waals surface area (Å²) in [5.41, 5.74) is -0.265. The Hall–Kier alpha value is -1.01. The van der Waals surface area contributed by atoms with E-state index < -0.39 is 30.1 Å². The number of carbonyl (C=O) groups is 1. The molecule has 0 bridgehead atoms. The van der Waals surface area contributed by atoms with E-state index in [0.717, 1.165) is 0 Å². The van der Waals surface area contributed by atoms with Crippen LogP contribution in [0.5, 0.6) is 0 Å². The van der Waals surface area contributed by atoms with E-state index in [2.05, 4.69) is 20.7 Å². The van der Waals surface area contributed by atoms with Gasteiger partial charge in [0.1, 0.15) is 0 Å². The van der Waals surface area contributed by atoms with Gasteiger partial charge >= 0.3 is 5.97 Å². The van der Waals surface area contributed by atoms with Gasteiger partial charge in [0, 0.05) is 5.56 Å². The first-order valence-corrected chi connectivity index (χ1v) is 5.73. The molecule has 0 saturated heterocycles. The van der Waals surface area contributed by atoms with Crippen LogP contribution in [0.25, 0.3) is 0 Å². The second kappa shape index (κ2) is 6.07. The maximum Gasteiger partial charge on any atom is 0.308 e. The van der Waals surface area contributed by atoms with Gasteiger partial charge in [0.2, 0.25) is 0 Å². The van der Waals surface area contributed by atoms with Crippen molar-refractivity contribution < 1.29 is 23.4 Å². The Kier molecular flexibility index (Phi) is 5.02. The number of ether oxygens (including phenoxy) is 1. The van der Waals surface area contributed by atoms with E-state index >= 15 is 0 Å². The molecule has 3 nitrogen and oxygen atoms in total. The van der Waals surface area contributed by atoms with Crippen molar-refractivity contribution in [1.29, 1.82) is 0 Å². The second-order valence-corrected chi connectivity index (χ2v) is 4.14. The average molecular weight is 309 g/mol. The standard InChI is InChI=1S/C11H11BrF2O3/c1-2-17-9(16)5-8(15)6-3-4-7(12)11(14)10(6)13/h3-4,8,15H,2,5H2,1H3. The van der Waals surface area contributed by atoms with E-state index in [1.165, 1.54) is 12.1 Å². The van der Waals surface area contributed by atoms with Crippen molar-refractivity contribution >= 4 is 21.9 Å². The van der Waals surface area contributed by atoms with E-state index in [1.807, 2.05) is 0 Å². The Balaban J connectivity index is 2.86. The highest BCUT2D eigenvalue weighted by molar-refractivity contribution is 9.10. The third kappa shape index (κ3) is 3.47. The maximum atomic E-state index is 13.4. The summed E-state index contributed by atoms with van der Waals surface area (Å²) in [6.45, 7) is 1.78. The zero-order valence-electron chi connectivity index (χ0n) is 9.04. The number of carbonyl (C=O) groups excluding carboxylic acids is 1. The van der Waals surface area contributed by atoms with Crippen LogP contribution in [-0.4, -0.2) is 17.7 Å². The zero-order valence-corrected chi connectivity index (χ0v) is 10.6. The molecular formula is C11H11BrF2O3. The number of esters is 1. The predicted molar refractivity (Wildman–Crippen MR) is 60.3 cm³/mol. The molecule has 17 heavy (non-hydrogen) atoms. The van der Waals surface area contributed by atoms with Crippen LogP contribution >= 0.6 is 15.9 Å². The average Bonchev–Trinajstić information content (AvgIpc) is 2.26. The van der Waals surface area contributed by atoms with Crippen LogP contribution in [0, 0.1) is 11.6 Å². The molecule has 1 atom stereocenters. The van der Waals surface area contributed by atoms with Crippen molar-refractivity contribution in [3.8, 4) is 0 Å². The van der Waals surface area contributed by atoms with Crippen LogP contribution < -0.4 is 0 Å². The van der Waals surface area contributed by atoms with Gasteiger partial charge in [0.25, 0.3) is 0 Å². The predicted octanol–water partition coefficient (Wildman–Crippen LogP) is 2.71. The number of benzene rings is 1. The summed E-state index contributed by atoms with van der Waals surface area (Å²) in [4.78, 5) is 11.1. The van der Waals surface area contributed by atoms with Gasteiger partial charge < -0.3 is 9.84 Å². The molecule has 1 unspecified atom stereocenters. The number of aliphatic hydroxyl groups excluding tert-OH is 1. The fraction of sp³-hybridized carbons (Fsp3) is 0.364. The second-order valence-electron chi connectivity index (χ2n) is 3.29. The summed E-state index contributed by atoms with van der Waals surface area (Å²) >= 11 is 2.82. The highest BCUT2D eigenvalue weighted by Gasteiger charge is 2.21. The van der Waals surface area contributed by atoms with Gasteiger partial charge in [0.15, 0.2) is 11.6 Å². The molecule has 0 aliphatic carbocycles. The zero-order chi connectivity index (χ0) is 13.0. The minimum atomic E-state index is -1.42. The van der Waals surface area contributed by atoms with Crippen LogP contribution in [0.4, 0.5) is 8.78 Å². The number of hydrogen-bond donors (Lipinski definition) is 1. The number of hydrogen-bond acceptors (Lipinski definition) is 3. The molecule has 0 aliphatic heterocycles. The third-order valence-corrected chi connectivity index (χ3v) is 2.70. The lowest BCUT2D eigenvalue weighted by Gasteiger charge is -2.12. The van der Waals surface area contributed by atoms with Gasteiger partial charge in [-0.25, -0.2) is 8.78 Å². The van der Waals surface area contributed by atoms with Gasteiger partial charge in [-0.05, 0) is 28.9 Å². The molecule has 0 fully saturated rings. The highest BCUT2D eigenvalue weighted by atomic mass is 79.9. The summed E-state index contributed by atoms with van der Waals surface area (Å²) in [6.07, 6.45) is -1.83. The normalized spacial score (nSPS) is 12.3. The topological polar surface area (TPSA) is 46.5 Å². The first-order valence-electron chi connectivity index (χ1n) is 4.94. The fourth-order valence-electron chi connectivity index (χ4n) is 1.29. The first kappa shape index (κ1) is 14.1. The number of halogens is 3. The van der Waals surface area contributed by atoms with Gasteiger partial charge in [-0.15, -0.1) is 0 Å². The Morgan fingerprint density at radius 1 is 1.47 bits per heavy atom. The summed E-state index contributed by atoms with van der Waals surface area (Å²) in [5, 5.41) is 9.59. The van der Waals surface area contributed by atoms with Crippen molar-refractivity contribution in [3.05, 3.63) is 33.8 Å². The van der Waals surface area contributed by atoms with Gasteiger partial charge in [-0.2, -0.15) is 0 Å². The molecule has 1 rings (SSSR count). The number of rotatable bonds is 4. The van der Waals surface area contributed by atoms with Gasteiger partial charge in [-0.3, -0.25) is 4.79 Å². The summed E-state index contributed by atoms with van der Waals surface area (Å²) in [7, 11) is 0. The summed E-state index contributed by atoms with van der Waals surface area (Å²) in [5.74, 6) is -2.93. The Labute approximate surface area is 106 Å². The maximum absolute atomic E-state index is 13.4. The molecule has 0 amide bonds. The van der Waals surface area contributed by atoms with Crippen LogP contribution in [0.2, 0.25) is 0 Å². The molecule has 0 aliphatic rings. The highest BCUT2D eigenvalue weighted by Crippen LogP contribution is 2.26. The quantitative estimate of drug-likeness (QED) is 0.687. The van der Waals surface area contributed by atoms with Crippen molar-refractivity contribution in [2.75, 3.05) is 6.61 Å². The monoisotopic (exact) mass is 308 g/mol. The van der Waals surface area contributed by atoms with Crippen molar-refractivity contribution in [3.63, 3.8) is 0 Å². The summed E-state index contributed by atoms with van der Waals surface area (Å²) in [6, 6.07) is 2.48. The third-order valence-electron chi connectivity index (χ3n) is 2.09. The molecule has 1 aromatic rings. The van der Waals surface area contributed by atoms with Crippen molar-refractivity contribution in [2.24, 2.45) is 0 Å². The van der Waals surface area contributed by atoms with Gasteiger partial charge in [-0.1, -0.05) is 6.07 Å². The Morgan fingerprint density at radius 2 is 2.12 bits per heavy atom. The van der Waals surface area contributed by atoms with Crippen LogP contribution in [0.3, 0.4) is 0 Å². The van der Waals surface area contributed by atoms with E-state index in [-0.39, 0.29) is 16.6 Å². The molecular weight excluding hydrogens is 298 g/mol. The van der Waals surface area contributed by atoms with E-state index in [0.29, 0.717) is 0 Å². The molecule has 94 valence electrons. The Morgan fingerprint density at radius 3 is 2.71 bits per heavy atom. The first-order chi connectivity index (χ1) is 7.97. The molecule has 1 N–H and O–H groups in total. The SMILES string of the molecule is CCOC(=O)CC(O)c1ccc(Br)c(F)c1F. The minimum absolute atomic E-state index is 0.0397. The lowest BCUT2D eigenvalue weighted by Crippen LogP contribution is -2.11. The fourth-order valence-corrected chi connectivity index (χ4v) is 1.59. The minimum Gasteiger partial charge on any atom is -0.466 e. The smallest absolute Gasteiger partial charge is 0.308 e. The lowest BCUT2D eigenvalue weighted by molar-refractivity contribution is -0.145. The summed E-state index contributed by atoms with van der Waals surface area (Å²) < 4.78 is 31.2. The molecule has 6 heteroatoms. The molecule has 0 spiro atoms. The van der Waals surface area contributed by atoms with Crippen LogP contribution in [0.15, 0.2) is 16.6 Å². The van der Waals surface area contributed by atoms with Crippen molar-refractivity contribution in [2.45, 2.75) is 19.4 Å². The molecule has 1 aromatic carbocycles. The largest absolute Gasteiger partial charge is 0.466 e. The van der Waals surface area contributed by atoms with E-state index in [9.17, 15) is 18.7 Å². The molecule has 0 aromatic heterocycles. The van der Waals surface area contributed by atoms with Crippen LogP contribution in [0.1, 0.15) is 25.0 Å². The van der Waals surface area contributed by atoms with Crippen molar-refractivity contribution in [1.82, 2.24) is 0 Å². The van der Waals surface area contributed by atoms with Crippen LogP contribution in [-0.2, 0) is 9.53 Å². The molecule has 0 heterocycles. The Bertz CT molecular complexity index is 423.